The zero-order chi connectivity index (χ0) is 10.1. The van der Waals surface area contributed by atoms with Gasteiger partial charge in [-0.05, 0) is 44.1 Å². The Morgan fingerprint density at radius 1 is 1.21 bits per heavy atom. The summed E-state index contributed by atoms with van der Waals surface area (Å²) in [5, 5.41) is 0. The summed E-state index contributed by atoms with van der Waals surface area (Å²) < 4.78 is 0. The van der Waals surface area contributed by atoms with E-state index in [2.05, 4.69) is 56.3 Å². The fourth-order valence-electron chi connectivity index (χ4n) is 1.91. The van der Waals surface area contributed by atoms with Crippen molar-refractivity contribution in [1.29, 1.82) is 0 Å². The first-order valence-electron chi connectivity index (χ1n) is 5.13. The quantitative estimate of drug-likeness (QED) is 0.688. The number of hydrogen-bond donors (Lipinski definition) is 0. The van der Waals surface area contributed by atoms with Crippen LogP contribution in [0.25, 0.3) is 6.08 Å². The predicted molar refractivity (Wildman–Crippen MR) is 61.3 cm³/mol. The maximum Gasteiger partial charge on any atom is 0.0279 e. The molecule has 0 saturated carbocycles. The zero-order valence-electron chi connectivity index (χ0n) is 9.12. The minimum absolute atomic E-state index is 0.544. The number of rotatable bonds is 2. The monoisotopic (exact) mass is 187 g/mol. The second-order valence-electron chi connectivity index (χ2n) is 4.23. The van der Waals surface area contributed by atoms with Gasteiger partial charge in [-0.2, -0.15) is 0 Å². The van der Waals surface area contributed by atoms with Gasteiger partial charge in [-0.25, -0.2) is 0 Å². The normalized spacial score (nSPS) is 16.7. The Hall–Kier alpha value is -1.08. The molecule has 1 aliphatic carbocycles. The van der Waals surface area contributed by atoms with Crippen LogP contribution in [0.4, 0.5) is 0 Å². The number of benzene rings is 1. The Balaban J connectivity index is 2.23. The van der Waals surface area contributed by atoms with Crippen LogP contribution in [0.15, 0.2) is 29.8 Å². The van der Waals surface area contributed by atoms with Gasteiger partial charge >= 0.3 is 0 Å². The van der Waals surface area contributed by atoms with Gasteiger partial charge in [0.25, 0.3) is 0 Å². The average molecular weight is 187 g/mol. The van der Waals surface area contributed by atoms with E-state index in [0.29, 0.717) is 6.04 Å². The van der Waals surface area contributed by atoms with Crippen LogP contribution in [0, 0.1) is 0 Å². The summed E-state index contributed by atoms with van der Waals surface area (Å²) in [6, 6.07) is 9.20. The Kier molecular flexibility index (Phi) is 2.42. The highest BCUT2D eigenvalue weighted by Gasteiger charge is 2.17. The van der Waals surface area contributed by atoms with Gasteiger partial charge in [-0.3, -0.25) is 0 Å². The van der Waals surface area contributed by atoms with E-state index in [-0.39, 0.29) is 0 Å². The topological polar surface area (TPSA) is 3.24 Å². The molecule has 1 nitrogen and oxygen atoms in total. The zero-order valence-corrected chi connectivity index (χ0v) is 9.12. The van der Waals surface area contributed by atoms with Crippen LogP contribution in [0.5, 0.6) is 0 Å². The van der Waals surface area contributed by atoms with Crippen molar-refractivity contribution in [2.75, 3.05) is 14.1 Å². The van der Waals surface area contributed by atoms with E-state index >= 15 is 0 Å². The molecule has 0 fully saturated rings. The fraction of sp³-hybridized carbons (Fsp3) is 0.385. The van der Waals surface area contributed by atoms with Crippen LogP contribution in [-0.2, 0) is 6.42 Å². The van der Waals surface area contributed by atoms with Crippen LogP contribution in [0.3, 0.4) is 0 Å². The van der Waals surface area contributed by atoms with E-state index in [1.807, 2.05) is 0 Å². The van der Waals surface area contributed by atoms with E-state index in [1.165, 1.54) is 16.7 Å². The largest absolute Gasteiger partial charge is 0.303 e. The molecular formula is C13H17N. The first kappa shape index (κ1) is 9.47. The minimum Gasteiger partial charge on any atom is -0.303 e. The van der Waals surface area contributed by atoms with Crippen LogP contribution in [0.2, 0.25) is 0 Å². The summed E-state index contributed by atoms with van der Waals surface area (Å²) in [5.41, 5.74) is 4.39. The molecule has 0 saturated heterocycles. The van der Waals surface area contributed by atoms with Gasteiger partial charge < -0.3 is 4.90 Å². The van der Waals surface area contributed by atoms with Gasteiger partial charge in [0.2, 0.25) is 0 Å². The molecule has 0 amide bonds. The smallest absolute Gasteiger partial charge is 0.0279 e. The highest BCUT2D eigenvalue weighted by Crippen LogP contribution is 2.27. The first-order valence-corrected chi connectivity index (χ1v) is 5.13. The van der Waals surface area contributed by atoms with Crippen molar-refractivity contribution in [3.05, 3.63) is 41.0 Å². The third kappa shape index (κ3) is 1.60. The molecule has 1 aromatic rings. The Morgan fingerprint density at radius 3 is 2.57 bits per heavy atom. The standard InChI is InChI=1S/C13H17N/c1-10(14(2)3)13-8-11-6-4-5-7-12(11)9-13/h4-8,10H,9H2,1-3H3. The number of likely N-dealkylation sites (N-methyl/N-ethyl adjacent to an activating group) is 1. The second-order valence-corrected chi connectivity index (χ2v) is 4.23. The second kappa shape index (κ2) is 3.58. The third-order valence-electron chi connectivity index (χ3n) is 3.10. The van der Waals surface area contributed by atoms with E-state index in [0.717, 1.165) is 6.42 Å². The van der Waals surface area contributed by atoms with Crippen molar-refractivity contribution in [1.82, 2.24) is 4.90 Å². The van der Waals surface area contributed by atoms with Crippen LogP contribution < -0.4 is 0 Å². The summed E-state index contributed by atoms with van der Waals surface area (Å²) in [4.78, 5) is 2.26. The minimum atomic E-state index is 0.544. The molecule has 0 bridgehead atoms. The van der Waals surface area contributed by atoms with E-state index in [4.69, 9.17) is 0 Å². The van der Waals surface area contributed by atoms with Gasteiger partial charge in [0.1, 0.15) is 0 Å². The lowest BCUT2D eigenvalue weighted by atomic mass is 10.1. The molecule has 0 N–H and O–H groups in total. The molecule has 0 heterocycles. The Morgan fingerprint density at radius 2 is 1.93 bits per heavy atom. The summed E-state index contributed by atoms with van der Waals surface area (Å²) >= 11 is 0. The Bertz CT molecular complexity index is 363. The summed E-state index contributed by atoms with van der Waals surface area (Å²) in [7, 11) is 4.27. The van der Waals surface area contributed by atoms with Crippen molar-refractivity contribution in [3.8, 4) is 0 Å². The van der Waals surface area contributed by atoms with E-state index in [1.54, 1.807) is 0 Å². The van der Waals surface area contributed by atoms with Crippen molar-refractivity contribution >= 4 is 6.08 Å². The molecule has 1 atom stereocenters. The highest BCUT2D eigenvalue weighted by atomic mass is 15.1. The molecule has 1 heteroatoms. The summed E-state index contributed by atoms with van der Waals surface area (Å²) in [5.74, 6) is 0. The molecular weight excluding hydrogens is 170 g/mol. The summed E-state index contributed by atoms with van der Waals surface area (Å²) in [6.45, 7) is 2.26. The molecule has 74 valence electrons. The lowest BCUT2D eigenvalue weighted by Crippen LogP contribution is -2.26. The molecule has 0 radical (unpaired) electrons. The SMILES string of the molecule is CC(C1=Cc2ccccc2C1)N(C)C. The van der Waals surface area contributed by atoms with Crippen molar-refractivity contribution in [3.63, 3.8) is 0 Å². The van der Waals surface area contributed by atoms with Crippen LogP contribution in [-0.4, -0.2) is 25.0 Å². The van der Waals surface area contributed by atoms with Gasteiger partial charge in [-0.15, -0.1) is 0 Å². The molecule has 0 spiro atoms. The Labute approximate surface area is 86.1 Å². The number of fused-ring (bicyclic) bond motifs is 1. The van der Waals surface area contributed by atoms with Crippen LogP contribution in [0.1, 0.15) is 18.1 Å². The lowest BCUT2D eigenvalue weighted by molar-refractivity contribution is 0.349. The predicted octanol–water partition coefficient (Wildman–Crippen LogP) is 2.58. The molecule has 0 aromatic heterocycles. The molecule has 1 aromatic carbocycles. The summed E-state index contributed by atoms with van der Waals surface area (Å²) in [6.07, 6.45) is 3.45. The number of nitrogens with zero attached hydrogens (tertiary/aromatic N) is 1. The van der Waals surface area contributed by atoms with Crippen molar-refractivity contribution < 1.29 is 0 Å². The third-order valence-corrected chi connectivity index (χ3v) is 3.10. The highest BCUT2D eigenvalue weighted by molar-refractivity contribution is 5.64. The average Bonchev–Trinajstić information content (AvgIpc) is 2.59. The number of hydrogen-bond acceptors (Lipinski definition) is 1. The first-order chi connectivity index (χ1) is 6.68. The van der Waals surface area contributed by atoms with E-state index in [9.17, 15) is 0 Å². The van der Waals surface area contributed by atoms with Crippen LogP contribution >= 0.6 is 0 Å². The molecule has 1 unspecified atom stereocenters. The molecule has 2 rings (SSSR count). The van der Waals surface area contributed by atoms with Crippen molar-refractivity contribution in [2.45, 2.75) is 19.4 Å². The lowest BCUT2D eigenvalue weighted by Gasteiger charge is -2.20. The fourth-order valence-corrected chi connectivity index (χ4v) is 1.91. The van der Waals surface area contributed by atoms with Gasteiger partial charge in [0.05, 0.1) is 0 Å². The molecule has 1 aliphatic rings. The van der Waals surface area contributed by atoms with Gasteiger partial charge in [0.15, 0.2) is 0 Å². The molecule has 14 heavy (non-hydrogen) atoms. The maximum atomic E-state index is 2.33. The van der Waals surface area contributed by atoms with Gasteiger partial charge in [0, 0.05) is 6.04 Å². The van der Waals surface area contributed by atoms with E-state index < -0.39 is 0 Å². The van der Waals surface area contributed by atoms with Crippen molar-refractivity contribution in [2.24, 2.45) is 0 Å². The van der Waals surface area contributed by atoms with Gasteiger partial charge in [-0.1, -0.05) is 30.3 Å². The maximum absolute atomic E-state index is 2.33. The molecule has 0 aliphatic heterocycles.